The Morgan fingerprint density at radius 2 is 2.25 bits per heavy atom. The van der Waals surface area contributed by atoms with Crippen LogP contribution in [0, 0.1) is 6.92 Å². The molecule has 1 rings (SSSR count). The van der Waals surface area contributed by atoms with E-state index in [2.05, 4.69) is 17.6 Å². The fourth-order valence-corrected chi connectivity index (χ4v) is 1.46. The van der Waals surface area contributed by atoms with Crippen molar-refractivity contribution in [1.82, 2.24) is 4.98 Å². The summed E-state index contributed by atoms with van der Waals surface area (Å²) < 4.78 is 0. The molecule has 1 heterocycles. The smallest absolute Gasteiger partial charge is 0.132 e. The van der Waals surface area contributed by atoms with E-state index >= 15 is 0 Å². The molecular weight excluding hydrogens is 190 g/mol. The molecule has 0 aromatic carbocycles. The van der Waals surface area contributed by atoms with Gasteiger partial charge in [0.15, 0.2) is 0 Å². The van der Waals surface area contributed by atoms with Gasteiger partial charge in [0.05, 0.1) is 0 Å². The third kappa shape index (κ3) is 2.68. The first-order chi connectivity index (χ1) is 5.74. The Labute approximate surface area is 83.6 Å². The first-order valence-corrected chi connectivity index (χ1v) is 4.98. The summed E-state index contributed by atoms with van der Waals surface area (Å²) in [7, 11) is 0. The average Bonchev–Trinajstić information content (AvgIpc) is 2.03. The maximum absolute atomic E-state index is 5.93. The van der Waals surface area contributed by atoms with Gasteiger partial charge in [0.25, 0.3) is 0 Å². The molecule has 0 bridgehead atoms. The van der Waals surface area contributed by atoms with Gasteiger partial charge in [-0.05, 0) is 37.1 Å². The minimum absolute atomic E-state index is 0.636. The molecule has 0 aliphatic heterocycles. The van der Waals surface area contributed by atoms with Gasteiger partial charge in [0.1, 0.15) is 5.15 Å². The van der Waals surface area contributed by atoms with Crippen molar-refractivity contribution in [3.05, 3.63) is 28.5 Å². The van der Waals surface area contributed by atoms with Crippen molar-refractivity contribution >= 4 is 24.2 Å². The van der Waals surface area contributed by atoms with Crippen molar-refractivity contribution in [2.45, 2.75) is 19.8 Å². The lowest BCUT2D eigenvalue weighted by molar-refractivity contribution is 0.924. The highest BCUT2D eigenvalue weighted by Crippen LogP contribution is 2.15. The Bertz CT molecular complexity index is 263. The van der Waals surface area contributed by atoms with E-state index in [4.69, 9.17) is 11.6 Å². The van der Waals surface area contributed by atoms with Gasteiger partial charge in [-0.3, -0.25) is 0 Å². The molecule has 0 atom stereocenters. The van der Waals surface area contributed by atoms with E-state index in [1.54, 1.807) is 0 Å². The van der Waals surface area contributed by atoms with Crippen molar-refractivity contribution < 1.29 is 0 Å². The summed E-state index contributed by atoms with van der Waals surface area (Å²) in [6.45, 7) is 1.94. The van der Waals surface area contributed by atoms with E-state index in [-0.39, 0.29) is 0 Å². The van der Waals surface area contributed by atoms with E-state index < -0.39 is 0 Å². The number of pyridine rings is 1. The molecule has 0 spiro atoms. The maximum atomic E-state index is 5.93. The lowest BCUT2D eigenvalue weighted by Gasteiger charge is -2.02. The molecule has 66 valence electrons. The highest BCUT2D eigenvalue weighted by atomic mass is 35.5. The van der Waals surface area contributed by atoms with Gasteiger partial charge in [0.2, 0.25) is 0 Å². The fourth-order valence-electron chi connectivity index (χ4n) is 1.01. The van der Waals surface area contributed by atoms with Crippen LogP contribution in [-0.4, -0.2) is 10.7 Å². The molecule has 1 aromatic heterocycles. The summed E-state index contributed by atoms with van der Waals surface area (Å²) in [6.07, 6.45) is 2.02. The largest absolute Gasteiger partial charge is 0.241 e. The molecule has 1 nitrogen and oxygen atoms in total. The summed E-state index contributed by atoms with van der Waals surface area (Å²) in [4.78, 5) is 4.17. The number of rotatable bonds is 3. The summed E-state index contributed by atoms with van der Waals surface area (Å²) in [5, 5.41) is 0.636. The van der Waals surface area contributed by atoms with E-state index in [1.807, 2.05) is 19.1 Å². The molecule has 0 radical (unpaired) electrons. The molecular formula is C9H12ClNS. The molecule has 0 aliphatic carbocycles. The van der Waals surface area contributed by atoms with Gasteiger partial charge in [-0.15, -0.1) is 0 Å². The van der Waals surface area contributed by atoms with Crippen LogP contribution in [0.15, 0.2) is 12.1 Å². The van der Waals surface area contributed by atoms with E-state index in [9.17, 15) is 0 Å². The number of halogens is 1. The zero-order valence-electron chi connectivity index (χ0n) is 7.05. The van der Waals surface area contributed by atoms with Crippen LogP contribution in [-0.2, 0) is 6.42 Å². The second-order valence-electron chi connectivity index (χ2n) is 2.73. The molecule has 0 aliphatic rings. The number of thiol groups is 1. The van der Waals surface area contributed by atoms with Crippen LogP contribution in [0.5, 0.6) is 0 Å². The second-order valence-corrected chi connectivity index (χ2v) is 3.53. The van der Waals surface area contributed by atoms with E-state index in [0.717, 1.165) is 29.9 Å². The highest BCUT2D eigenvalue weighted by molar-refractivity contribution is 7.80. The summed E-state index contributed by atoms with van der Waals surface area (Å²) >= 11 is 10.1. The molecule has 0 unspecified atom stereocenters. The van der Waals surface area contributed by atoms with Crippen LogP contribution in [0.3, 0.4) is 0 Å². The van der Waals surface area contributed by atoms with Crippen LogP contribution in [0.1, 0.15) is 17.7 Å². The molecule has 0 amide bonds. The normalized spacial score (nSPS) is 10.2. The van der Waals surface area contributed by atoms with Gasteiger partial charge in [-0.2, -0.15) is 12.6 Å². The summed E-state index contributed by atoms with van der Waals surface area (Å²) in [5.41, 5.74) is 2.09. The molecule has 1 aromatic rings. The standard InChI is InChI=1S/C9H12ClNS/c1-7-4-5-8(3-2-6-12)9(10)11-7/h4-5,12H,2-3,6H2,1H3. The second kappa shape index (κ2) is 4.73. The third-order valence-corrected chi connectivity index (χ3v) is 2.31. The number of hydrogen-bond acceptors (Lipinski definition) is 2. The Morgan fingerprint density at radius 1 is 1.50 bits per heavy atom. The van der Waals surface area contributed by atoms with Crippen molar-refractivity contribution in [3.63, 3.8) is 0 Å². The van der Waals surface area contributed by atoms with E-state index in [1.165, 1.54) is 0 Å². The predicted molar refractivity (Wildman–Crippen MR) is 56.2 cm³/mol. The fraction of sp³-hybridized carbons (Fsp3) is 0.444. The van der Waals surface area contributed by atoms with Crippen LogP contribution >= 0.6 is 24.2 Å². The van der Waals surface area contributed by atoms with Crippen molar-refractivity contribution in [1.29, 1.82) is 0 Å². The number of hydrogen-bond donors (Lipinski definition) is 1. The first-order valence-electron chi connectivity index (χ1n) is 3.97. The van der Waals surface area contributed by atoms with Gasteiger partial charge >= 0.3 is 0 Å². The Hall–Kier alpha value is -0.210. The zero-order valence-corrected chi connectivity index (χ0v) is 8.70. The highest BCUT2D eigenvalue weighted by Gasteiger charge is 2.00. The molecule has 3 heteroatoms. The maximum Gasteiger partial charge on any atom is 0.132 e. The topological polar surface area (TPSA) is 12.9 Å². The molecule has 0 saturated heterocycles. The van der Waals surface area contributed by atoms with Crippen molar-refractivity contribution in [3.8, 4) is 0 Å². The summed E-state index contributed by atoms with van der Waals surface area (Å²) in [6, 6.07) is 4.02. The molecule has 0 fully saturated rings. The van der Waals surface area contributed by atoms with Crippen molar-refractivity contribution in [2.24, 2.45) is 0 Å². The van der Waals surface area contributed by atoms with Gasteiger partial charge < -0.3 is 0 Å². The van der Waals surface area contributed by atoms with Crippen LogP contribution < -0.4 is 0 Å². The van der Waals surface area contributed by atoms with Crippen LogP contribution in [0.25, 0.3) is 0 Å². The molecule has 12 heavy (non-hydrogen) atoms. The van der Waals surface area contributed by atoms with Crippen molar-refractivity contribution in [2.75, 3.05) is 5.75 Å². The third-order valence-electron chi connectivity index (χ3n) is 1.67. The summed E-state index contributed by atoms with van der Waals surface area (Å²) in [5.74, 6) is 0.893. The van der Waals surface area contributed by atoms with E-state index in [0.29, 0.717) is 5.15 Å². The average molecular weight is 202 g/mol. The zero-order chi connectivity index (χ0) is 8.97. The quantitative estimate of drug-likeness (QED) is 0.586. The Balaban J connectivity index is 2.72. The monoisotopic (exact) mass is 201 g/mol. The van der Waals surface area contributed by atoms with Crippen LogP contribution in [0.2, 0.25) is 5.15 Å². The number of aryl methyl sites for hydroxylation is 2. The number of aromatic nitrogens is 1. The SMILES string of the molecule is Cc1ccc(CCCS)c(Cl)n1. The van der Waals surface area contributed by atoms with Gasteiger partial charge in [-0.25, -0.2) is 4.98 Å². The molecule has 0 N–H and O–H groups in total. The predicted octanol–water partition coefficient (Wildman–Crippen LogP) is 2.91. The minimum atomic E-state index is 0.636. The van der Waals surface area contributed by atoms with Gasteiger partial charge in [-0.1, -0.05) is 17.7 Å². The Morgan fingerprint density at radius 3 is 2.83 bits per heavy atom. The van der Waals surface area contributed by atoms with Crippen LogP contribution in [0.4, 0.5) is 0 Å². The first kappa shape index (κ1) is 9.87. The number of nitrogens with zero attached hydrogens (tertiary/aromatic N) is 1. The molecule has 0 saturated carbocycles. The minimum Gasteiger partial charge on any atom is -0.241 e. The lowest BCUT2D eigenvalue weighted by Crippen LogP contribution is -1.91. The van der Waals surface area contributed by atoms with Gasteiger partial charge in [0, 0.05) is 5.69 Å². The lowest BCUT2D eigenvalue weighted by atomic mass is 10.1. The Kier molecular flexibility index (Phi) is 3.89.